The van der Waals surface area contributed by atoms with Crippen LogP contribution in [0.5, 0.6) is 5.75 Å². The molecule has 1 aromatic carbocycles. The molecule has 0 aromatic heterocycles. The van der Waals surface area contributed by atoms with Crippen molar-refractivity contribution in [2.45, 2.75) is 13.8 Å². The van der Waals surface area contributed by atoms with Crippen molar-refractivity contribution in [1.82, 2.24) is 9.80 Å². The van der Waals surface area contributed by atoms with Gasteiger partial charge >= 0.3 is 0 Å². The minimum atomic E-state index is -0.949. The summed E-state index contributed by atoms with van der Waals surface area (Å²) in [5.41, 5.74) is -0.949. The molecular weight excluding hydrogens is 314 g/mol. The van der Waals surface area contributed by atoms with Crippen LogP contribution in [0.1, 0.15) is 13.8 Å². The smallest absolute Gasteiger partial charge is 0.242 e. The van der Waals surface area contributed by atoms with Crippen molar-refractivity contribution in [3.63, 3.8) is 0 Å². The van der Waals surface area contributed by atoms with Gasteiger partial charge in [0.25, 0.3) is 0 Å². The lowest BCUT2D eigenvalue weighted by Crippen LogP contribution is -2.52. The summed E-state index contributed by atoms with van der Waals surface area (Å²) in [5.74, 6) is 0.603. The predicted molar refractivity (Wildman–Crippen MR) is 89.4 cm³/mol. The molecule has 0 saturated carbocycles. The Morgan fingerprint density at radius 3 is 2.57 bits per heavy atom. The van der Waals surface area contributed by atoms with Crippen LogP contribution in [0.4, 0.5) is 0 Å². The van der Waals surface area contributed by atoms with Crippen LogP contribution >= 0.6 is 11.6 Å². The van der Waals surface area contributed by atoms with E-state index in [1.165, 1.54) is 0 Å². The fourth-order valence-electron chi connectivity index (χ4n) is 2.46. The maximum atomic E-state index is 12.2. The van der Waals surface area contributed by atoms with Gasteiger partial charge in [0, 0.05) is 32.7 Å². The number of nitriles is 1. The Morgan fingerprint density at radius 1 is 1.30 bits per heavy atom. The first-order valence-corrected chi connectivity index (χ1v) is 8.12. The van der Waals surface area contributed by atoms with Gasteiger partial charge in [-0.25, -0.2) is 0 Å². The van der Waals surface area contributed by atoms with Crippen molar-refractivity contribution >= 4 is 17.5 Å². The van der Waals surface area contributed by atoms with Gasteiger partial charge in [0.2, 0.25) is 5.91 Å². The van der Waals surface area contributed by atoms with E-state index in [1.54, 1.807) is 24.8 Å². The molecule has 1 fully saturated rings. The number of hydrogen-bond acceptors (Lipinski definition) is 4. The minimum absolute atomic E-state index is 0.0908. The third-order valence-corrected chi connectivity index (χ3v) is 4.29. The number of para-hydroxylation sites is 1. The highest BCUT2D eigenvalue weighted by Gasteiger charge is 2.33. The summed E-state index contributed by atoms with van der Waals surface area (Å²) in [6, 6.07) is 9.48. The number of nitrogens with zero attached hydrogens (tertiary/aromatic N) is 3. The molecule has 0 unspecified atom stereocenters. The van der Waals surface area contributed by atoms with Gasteiger partial charge in [-0.1, -0.05) is 23.7 Å². The van der Waals surface area contributed by atoms with Gasteiger partial charge in [-0.3, -0.25) is 9.69 Å². The van der Waals surface area contributed by atoms with Gasteiger partial charge in [-0.2, -0.15) is 5.26 Å². The zero-order valence-electron chi connectivity index (χ0n) is 13.6. The second-order valence-electron chi connectivity index (χ2n) is 6.15. The zero-order valence-corrected chi connectivity index (χ0v) is 14.3. The van der Waals surface area contributed by atoms with Crippen molar-refractivity contribution < 1.29 is 9.53 Å². The molecule has 0 aliphatic carbocycles. The SMILES string of the molecule is CC(C)(C#N)C(=O)N1CCN(CCOc2ccccc2Cl)CC1. The van der Waals surface area contributed by atoms with Gasteiger partial charge < -0.3 is 9.64 Å². The third-order valence-electron chi connectivity index (χ3n) is 3.98. The van der Waals surface area contributed by atoms with Gasteiger partial charge in [-0.05, 0) is 26.0 Å². The summed E-state index contributed by atoms with van der Waals surface area (Å²) in [6.07, 6.45) is 0. The van der Waals surface area contributed by atoms with Crippen LogP contribution in [-0.4, -0.2) is 55.0 Å². The number of rotatable bonds is 5. The average molecular weight is 336 g/mol. The van der Waals surface area contributed by atoms with Crippen molar-refractivity contribution in [3.8, 4) is 11.8 Å². The quantitative estimate of drug-likeness (QED) is 0.829. The maximum absolute atomic E-state index is 12.2. The fraction of sp³-hybridized carbons (Fsp3) is 0.529. The van der Waals surface area contributed by atoms with Crippen LogP contribution in [0.15, 0.2) is 24.3 Å². The molecule has 2 rings (SSSR count). The second kappa shape index (κ2) is 7.67. The number of carbonyl (C=O) groups is 1. The molecule has 0 spiro atoms. The van der Waals surface area contributed by atoms with E-state index in [2.05, 4.69) is 11.0 Å². The number of halogens is 1. The molecule has 1 saturated heterocycles. The lowest BCUT2D eigenvalue weighted by atomic mass is 9.93. The minimum Gasteiger partial charge on any atom is -0.491 e. The Hall–Kier alpha value is -1.77. The van der Waals surface area contributed by atoms with Crippen LogP contribution in [0.2, 0.25) is 5.02 Å². The van der Waals surface area contributed by atoms with E-state index in [-0.39, 0.29) is 5.91 Å². The number of amides is 1. The number of benzene rings is 1. The molecular formula is C17H22ClN3O2. The topological polar surface area (TPSA) is 56.6 Å². The molecule has 124 valence electrons. The van der Waals surface area contributed by atoms with Crippen molar-refractivity contribution in [2.24, 2.45) is 5.41 Å². The largest absolute Gasteiger partial charge is 0.491 e. The highest BCUT2D eigenvalue weighted by atomic mass is 35.5. The molecule has 0 atom stereocenters. The van der Waals surface area contributed by atoms with E-state index in [4.69, 9.17) is 21.6 Å². The Kier molecular flexibility index (Phi) is 5.86. The summed E-state index contributed by atoms with van der Waals surface area (Å²) in [6.45, 7) is 7.55. The molecule has 0 radical (unpaired) electrons. The first-order valence-electron chi connectivity index (χ1n) is 7.74. The second-order valence-corrected chi connectivity index (χ2v) is 6.56. The van der Waals surface area contributed by atoms with Crippen LogP contribution in [-0.2, 0) is 4.79 Å². The summed E-state index contributed by atoms with van der Waals surface area (Å²) >= 11 is 6.05. The molecule has 1 amide bonds. The highest BCUT2D eigenvalue weighted by molar-refractivity contribution is 6.32. The lowest BCUT2D eigenvalue weighted by molar-refractivity contribution is -0.139. The normalized spacial score (nSPS) is 16.0. The van der Waals surface area contributed by atoms with E-state index in [0.29, 0.717) is 30.5 Å². The lowest BCUT2D eigenvalue weighted by Gasteiger charge is -2.36. The van der Waals surface area contributed by atoms with Gasteiger partial charge in [0.05, 0.1) is 11.1 Å². The van der Waals surface area contributed by atoms with E-state index in [0.717, 1.165) is 19.6 Å². The Labute approximate surface area is 142 Å². The third kappa shape index (κ3) is 4.60. The standard InChI is InChI=1S/C17H22ClN3O2/c1-17(2,13-19)16(22)21-9-7-20(8-10-21)11-12-23-15-6-4-3-5-14(15)18/h3-6H,7-12H2,1-2H3. The number of piperazine rings is 1. The molecule has 23 heavy (non-hydrogen) atoms. The van der Waals surface area contributed by atoms with Crippen LogP contribution in [0.3, 0.4) is 0 Å². The Balaban J connectivity index is 1.74. The molecule has 6 heteroatoms. The van der Waals surface area contributed by atoms with Crippen molar-refractivity contribution in [3.05, 3.63) is 29.3 Å². The van der Waals surface area contributed by atoms with E-state index in [9.17, 15) is 4.79 Å². The number of carbonyl (C=O) groups excluding carboxylic acids is 1. The molecule has 0 bridgehead atoms. The molecule has 0 N–H and O–H groups in total. The van der Waals surface area contributed by atoms with Crippen LogP contribution in [0.25, 0.3) is 0 Å². The highest BCUT2D eigenvalue weighted by Crippen LogP contribution is 2.23. The zero-order chi connectivity index (χ0) is 16.9. The first-order chi connectivity index (χ1) is 10.9. The predicted octanol–water partition coefficient (Wildman–Crippen LogP) is 2.41. The Morgan fingerprint density at radius 2 is 1.96 bits per heavy atom. The summed E-state index contributed by atoms with van der Waals surface area (Å²) < 4.78 is 5.69. The average Bonchev–Trinajstić information content (AvgIpc) is 2.56. The molecule has 1 aliphatic rings. The monoisotopic (exact) mass is 335 g/mol. The molecule has 1 aliphatic heterocycles. The number of ether oxygens (including phenoxy) is 1. The summed E-state index contributed by atoms with van der Waals surface area (Å²) in [4.78, 5) is 16.3. The Bertz CT molecular complexity index is 590. The van der Waals surface area contributed by atoms with E-state index >= 15 is 0 Å². The van der Waals surface area contributed by atoms with Crippen LogP contribution < -0.4 is 4.74 Å². The first kappa shape index (κ1) is 17.6. The van der Waals surface area contributed by atoms with E-state index in [1.807, 2.05) is 18.2 Å². The maximum Gasteiger partial charge on any atom is 0.242 e. The van der Waals surface area contributed by atoms with Gasteiger partial charge in [-0.15, -0.1) is 0 Å². The van der Waals surface area contributed by atoms with E-state index < -0.39 is 5.41 Å². The molecule has 1 aromatic rings. The van der Waals surface area contributed by atoms with Gasteiger partial charge in [0.15, 0.2) is 0 Å². The fourth-order valence-corrected chi connectivity index (χ4v) is 2.65. The summed E-state index contributed by atoms with van der Waals surface area (Å²) in [7, 11) is 0. The summed E-state index contributed by atoms with van der Waals surface area (Å²) in [5, 5.41) is 9.67. The molecule has 1 heterocycles. The molecule has 5 nitrogen and oxygen atoms in total. The van der Waals surface area contributed by atoms with Crippen molar-refractivity contribution in [2.75, 3.05) is 39.3 Å². The number of hydrogen-bond donors (Lipinski definition) is 0. The van der Waals surface area contributed by atoms with Crippen molar-refractivity contribution in [1.29, 1.82) is 5.26 Å². The van der Waals surface area contributed by atoms with Gasteiger partial charge in [0.1, 0.15) is 17.8 Å². The van der Waals surface area contributed by atoms with Crippen LogP contribution in [0, 0.1) is 16.7 Å².